The van der Waals surface area contributed by atoms with Crippen LogP contribution in [0.2, 0.25) is 0 Å². The Morgan fingerprint density at radius 2 is 1.88 bits per heavy atom. The fraction of sp³-hybridized carbons (Fsp3) is 0.375. The number of fused-ring (bicyclic) bond motifs is 1. The molecular weight excluding hydrogens is 530 g/mol. The molecule has 2 aromatic heterocycles. The molecule has 4 aromatic rings. The third-order valence-corrected chi connectivity index (χ3v) is 6.90. The molecule has 3 heterocycles. The first-order valence-corrected chi connectivity index (χ1v) is 14.3. The Kier molecular flexibility index (Phi) is 9.14. The summed E-state index contributed by atoms with van der Waals surface area (Å²) >= 11 is 0. The van der Waals surface area contributed by atoms with Crippen molar-refractivity contribution in [1.29, 1.82) is 0 Å². The Morgan fingerprint density at radius 1 is 1.05 bits per heavy atom. The van der Waals surface area contributed by atoms with Crippen molar-refractivity contribution in [1.82, 2.24) is 25.2 Å². The van der Waals surface area contributed by atoms with Crippen LogP contribution in [0.3, 0.4) is 0 Å². The molecule has 0 atom stereocenters. The maximum atomic E-state index is 12.6. The van der Waals surface area contributed by atoms with E-state index in [9.17, 15) is 4.79 Å². The van der Waals surface area contributed by atoms with Crippen LogP contribution in [-0.4, -0.2) is 71.7 Å². The van der Waals surface area contributed by atoms with Crippen molar-refractivity contribution in [3.8, 4) is 11.5 Å². The maximum absolute atomic E-state index is 12.6. The largest absolute Gasteiger partial charge is 0.457 e. The van der Waals surface area contributed by atoms with E-state index in [0.717, 1.165) is 67.4 Å². The van der Waals surface area contributed by atoms with Crippen molar-refractivity contribution in [3.05, 3.63) is 72.2 Å². The number of pyridine rings is 1. The highest BCUT2D eigenvalue weighted by molar-refractivity contribution is 5.94. The van der Waals surface area contributed by atoms with Crippen molar-refractivity contribution >= 4 is 34.1 Å². The van der Waals surface area contributed by atoms with Gasteiger partial charge >= 0.3 is 0 Å². The van der Waals surface area contributed by atoms with Gasteiger partial charge in [0, 0.05) is 49.4 Å². The summed E-state index contributed by atoms with van der Waals surface area (Å²) in [5.74, 6) is 2.67. The Balaban J connectivity index is 1.24. The van der Waals surface area contributed by atoms with Gasteiger partial charge in [-0.15, -0.1) is 0 Å². The molecule has 1 amide bonds. The molecule has 1 fully saturated rings. The number of rotatable bonds is 10. The van der Waals surface area contributed by atoms with Crippen LogP contribution < -0.4 is 20.7 Å². The summed E-state index contributed by atoms with van der Waals surface area (Å²) in [6.45, 7) is 14.0. The number of ether oxygens (including phenoxy) is 2. The van der Waals surface area contributed by atoms with E-state index in [2.05, 4.69) is 56.6 Å². The van der Waals surface area contributed by atoms with Gasteiger partial charge < -0.3 is 25.4 Å². The smallest absolute Gasteiger partial charge is 0.251 e. The van der Waals surface area contributed by atoms with E-state index < -0.39 is 0 Å². The Hall–Kier alpha value is -4.28. The molecule has 2 aromatic carbocycles. The van der Waals surface area contributed by atoms with Crippen LogP contribution in [0.1, 0.15) is 36.7 Å². The Bertz CT molecular complexity index is 1530. The summed E-state index contributed by atoms with van der Waals surface area (Å²) in [5, 5.41) is 10.7. The third-order valence-electron chi connectivity index (χ3n) is 6.90. The summed E-state index contributed by atoms with van der Waals surface area (Å²) in [6, 6.07) is 15.1. The van der Waals surface area contributed by atoms with E-state index in [1.165, 1.54) is 6.33 Å². The van der Waals surface area contributed by atoms with Crippen LogP contribution in [0, 0.1) is 12.3 Å². The van der Waals surface area contributed by atoms with Crippen molar-refractivity contribution in [3.63, 3.8) is 0 Å². The van der Waals surface area contributed by atoms with Gasteiger partial charge in [0.25, 0.3) is 5.91 Å². The van der Waals surface area contributed by atoms with Gasteiger partial charge in [-0.2, -0.15) is 0 Å². The first kappa shape index (κ1) is 29.2. The van der Waals surface area contributed by atoms with Crippen molar-refractivity contribution in [2.45, 2.75) is 27.7 Å². The standard InChI is InChI=1S/C32H39N7O3/c1-22-16-24(8-9-28(22)42-25-7-5-6-23(17-25)31(40)35-20-32(2,3)4)38-30-26-18-29(34-19-27(26)36-21-37-30)33-10-11-39-12-14-41-15-13-39/h5-9,16-19,21H,10-15,20H2,1-4H3,(H,33,34)(H,35,40)(H,36,37,38). The average molecular weight is 570 g/mol. The highest BCUT2D eigenvalue weighted by atomic mass is 16.5. The van der Waals surface area contributed by atoms with Gasteiger partial charge in [-0.05, 0) is 60.4 Å². The van der Waals surface area contributed by atoms with Gasteiger partial charge in [-0.3, -0.25) is 9.69 Å². The number of morpholine rings is 1. The van der Waals surface area contributed by atoms with Crippen LogP contribution >= 0.6 is 0 Å². The fourth-order valence-electron chi connectivity index (χ4n) is 4.58. The molecule has 1 aliphatic rings. The van der Waals surface area contributed by atoms with Crippen LogP contribution in [0.25, 0.3) is 10.9 Å². The maximum Gasteiger partial charge on any atom is 0.251 e. The van der Waals surface area contributed by atoms with E-state index in [1.54, 1.807) is 18.3 Å². The first-order chi connectivity index (χ1) is 20.2. The minimum absolute atomic E-state index is 0.00786. The monoisotopic (exact) mass is 569 g/mol. The van der Waals surface area contributed by atoms with Crippen molar-refractivity contribution in [2.75, 3.05) is 56.6 Å². The molecule has 0 radical (unpaired) electrons. The molecule has 42 heavy (non-hydrogen) atoms. The number of nitrogens with one attached hydrogen (secondary N) is 3. The molecule has 0 bridgehead atoms. The topological polar surface area (TPSA) is 114 Å². The number of aryl methyl sites for hydroxylation is 1. The predicted octanol–water partition coefficient (Wildman–Crippen LogP) is 5.39. The molecular formula is C32H39N7O3. The van der Waals surface area contributed by atoms with Crippen molar-refractivity contribution in [2.24, 2.45) is 5.41 Å². The first-order valence-electron chi connectivity index (χ1n) is 14.3. The SMILES string of the molecule is Cc1cc(Nc2ncnc3cnc(NCCN4CCOCC4)cc23)ccc1Oc1cccc(C(=O)NCC(C)(C)C)c1. The molecule has 10 nitrogen and oxygen atoms in total. The lowest BCUT2D eigenvalue weighted by Gasteiger charge is -2.26. The van der Waals surface area contributed by atoms with Crippen LogP contribution in [0.5, 0.6) is 11.5 Å². The molecule has 10 heteroatoms. The van der Waals surface area contributed by atoms with E-state index in [0.29, 0.717) is 29.4 Å². The predicted molar refractivity (Wildman–Crippen MR) is 166 cm³/mol. The van der Waals surface area contributed by atoms with Gasteiger partial charge in [0.1, 0.15) is 29.5 Å². The van der Waals surface area contributed by atoms with E-state index >= 15 is 0 Å². The Labute approximate surface area is 246 Å². The van der Waals surface area contributed by atoms with Gasteiger partial charge in [-0.1, -0.05) is 26.8 Å². The van der Waals surface area contributed by atoms with E-state index in [1.807, 2.05) is 43.3 Å². The molecule has 1 aliphatic heterocycles. The minimum atomic E-state index is -0.116. The number of nitrogens with zero attached hydrogens (tertiary/aromatic N) is 4. The lowest BCUT2D eigenvalue weighted by molar-refractivity contribution is 0.0398. The fourth-order valence-corrected chi connectivity index (χ4v) is 4.58. The van der Waals surface area contributed by atoms with Crippen LogP contribution in [0.4, 0.5) is 17.3 Å². The van der Waals surface area contributed by atoms with Gasteiger partial charge in [-0.25, -0.2) is 15.0 Å². The number of benzene rings is 2. The molecule has 5 rings (SSSR count). The van der Waals surface area contributed by atoms with Gasteiger partial charge in [0.2, 0.25) is 0 Å². The highest BCUT2D eigenvalue weighted by Gasteiger charge is 2.15. The van der Waals surface area contributed by atoms with Gasteiger partial charge in [0.05, 0.1) is 24.9 Å². The zero-order chi connectivity index (χ0) is 29.5. The summed E-state index contributed by atoms with van der Waals surface area (Å²) in [6.07, 6.45) is 3.30. The zero-order valence-corrected chi connectivity index (χ0v) is 24.7. The number of anilines is 3. The van der Waals surface area contributed by atoms with Crippen LogP contribution in [-0.2, 0) is 4.74 Å². The Morgan fingerprint density at radius 3 is 2.67 bits per heavy atom. The lowest BCUT2D eigenvalue weighted by Crippen LogP contribution is -2.39. The number of carbonyl (C=O) groups excluding carboxylic acids is 1. The summed E-state index contributed by atoms with van der Waals surface area (Å²) in [7, 11) is 0. The second-order valence-electron chi connectivity index (χ2n) is 11.7. The summed E-state index contributed by atoms with van der Waals surface area (Å²) in [4.78, 5) is 28.4. The third kappa shape index (κ3) is 7.92. The van der Waals surface area contributed by atoms with Gasteiger partial charge in [0.15, 0.2) is 0 Å². The summed E-state index contributed by atoms with van der Waals surface area (Å²) in [5.41, 5.74) is 3.14. The number of amides is 1. The minimum Gasteiger partial charge on any atom is -0.457 e. The second-order valence-corrected chi connectivity index (χ2v) is 11.7. The zero-order valence-electron chi connectivity index (χ0n) is 24.7. The number of hydrogen-bond acceptors (Lipinski definition) is 9. The number of aromatic nitrogens is 3. The molecule has 1 saturated heterocycles. The quantitative estimate of drug-likeness (QED) is 0.231. The molecule has 0 unspecified atom stereocenters. The molecule has 0 saturated carbocycles. The summed E-state index contributed by atoms with van der Waals surface area (Å²) < 4.78 is 11.6. The van der Waals surface area contributed by atoms with E-state index in [-0.39, 0.29) is 11.3 Å². The number of carbonyl (C=O) groups is 1. The molecule has 0 spiro atoms. The molecule has 220 valence electrons. The molecule has 0 aliphatic carbocycles. The molecule has 3 N–H and O–H groups in total. The van der Waals surface area contributed by atoms with Crippen molar-refractivity contribution < 1.29 is 14.3 Å². The lowest BCUT2D eigenvalue weighted by atomic mass is 9.97. The normalized spacial score (nSPS) is 14.0. The number of hydrogen-bond donors (Lipinski definition) is 3. The highest BCUT2D eigenvalue weighted by Crippen LogP contribution is 2.30. The van der Waals surface area contributed by atoms with E-state index in [4.69, 9.17) is 9.47 Å². The second kappa shape index (κ2) is 13.1. The average Bonchev–Trinajstić information content (AvgIpc) is 2.98. The van der Waals surface area contributed by atoms with Crippen LogP contribution in [0.15, 0.2) is 61.1 Å².